The molecule has 4 aliphatic rings. The van der Waals surface area contributed by atoms with Crippen molar-refractivity contribution < 1.29 is 14.4 Å². The van der Waals surface area contributed by atoms with Gasteiger partial charge in [-0.25, -0.2) is 10.00 Å². The number of amides is 2. The summed E-state index contributed by atoms with van der Waals surface area (Å²) in [6.07, 6.45) is 1.58. The van der Waals surface area contributed by atoms with Gasteiger partial charge in [0.2, 0.25) is 17.8 Å². The van der Waals surface area contributed by atoms with Crippen molar-refractivity contribution in [1.29, 1.82) is 0 Å². The summed E-state index contributed by atoms with van der Waals surface area (Å²) in [6, 6.07) is 7.64. The van der Waals surface area contributed by atoms with Crippen LogP contribution < -0.4 is 4.90 Å². The van der Waals surface area contributed by atoms with Gasteiger partial charge in [0.1, 0.15) is 12.1 Å². The number of nitrogens with zero attached hydrogens (tertiary/aromatic N) is 3. The summed E-state index contributed by atoms with van der Waals surface area (Å²) in [5, 5.41) is 6.28. The average molecular weight is 308 g/mol. The fourth-order valence-electron chi connectivity index (χ4n) is 4.47. The molecule has 1 N–H and O–H groups in total. The minimum Gasteiger partial charge on any atom is -0.299 e. The molecule has 1 aromatic carbocycles. The number of aromatic amines is 1. The average Bonchev–Trinajstić information content (AvgIpc) is 3.16. The normalized spacial score (nSPS) is 31.5. The fourth-order valence-corrected chi connectivity index (χ4v) is 4.47. The molecule has 1 saturated carbocycles. The molecule has 0 spiro atoms. The number of anilines is 1. The molecule has 4 unspecified atom stereocenters. The third-order valence-electron chi connectivity index (χ3n) is 5.30. The molecule has 3 aliphatic carbocycles. The topological polar surface area (TPSA) is 96.0 Å². The Morgan fingerprint density at radius 3 is 2.52 bits per heavy atom. The van der Waals surface area contributed by atoms with E-state index in [0.717, 1.165) is 16.0 Å². The first-order valence-corrected chi connectivity index (χ1v) is 7.53. The van der Waals surface area contributed by atoms with E-state index in [1.807, 2.05) is 24.3 Å². The molecule has 7 nitrogen and oxygen atoms in total. The van der Waals surface area contributed by atoms with Crippen LogP contribution in [0.15, 0.2) is 30.6 Å². The summed E-state index contributed by atoms with van der Waals surface area (Å²) in [4.78, 5) is 43.2. The van der Waals surface area contributed by atoms with Gasteiger partial charge in [0.25, 0.3) is 0 Å². The maximum atomic E-state index is 12.9. The highest BCUT2D eigenvalue weighted by Gasteiger charge is 2.63. The van der Waals surface area contributed by atoms with Gasteiger partial charge < -0.3 is 0 Å². The van der Waals surface area contributed by atoms with Crippen LogP contribution in [0.2, 0.25) is 0 Å². The predicted octanol–water partition coefficient (Wildman–Crippen LogP) is 0.764. The van der Waals surface area contributed by atoms with Crippen LogP contribution in [0.5, 0.6) is 0 Å². The Hall–Kier alpha value is -2.83. The highest BCUT2D eigenvalue weighted by atomic mass is 16.2. The van der Waals surface area contributed by atoms with Crippen LogP contribution in [0.3, 0.4) is 0 Å². The van der Waals surface area contributed by atoms with Gasteiger partial charge in [-0.05, 0) is 11.1 Å². The third kappa shape index (κ3) is 1.42. The minimum absolute atomic E-state index is 0.0514. The quantitative estimate of drug-likeness (QED) is 0.785. The van der Waals surface area contributed by atoms with Crippen molar-refractivity contribution >= 4 is 23.5 Å². The van der Waals surface area contributed by atoms with Crippen molar-refractivity contribution in [1.82, 2.24) is 15.2 Å². The molecule has 0 radical (unpaired) electrons. The van der Waals surface area contributed by atoms with Gasteiger partial charge in [-0.2, -0.15) is 10.1 Å². The molecule has 2 aromatic rings. The van der Waals surface area contributed by atoms with Crippen LogP contribution in [0.1, 0.15) is 29.4 Å². The van der Waals surface area contributed by atoms with Gasteiger partial charge >= 0.3 is 0 Å². The molecule has 23 heavy (non-hydrogen) atoms. The molecule has 2 fully saturated rings. The lowest BCUT2D eigenvalue weighted by Crippen LogP contribution is -2.44. The smallest absolute Gasteiger partial charge is 0.241 e. The molecule has 1 saturated heterocycles. The van der Waals surface area contributed by atoms with Crippen molar-refractivity contribution in [3.63, 3.8) is 0 Å². The second-order valence-corrected chi connectivity index (χ2v) is 6.26. The zero-order valence-electron chi connectivity index (χ0n) is 12.0. The number of H-pyrrole nitrogens is 1. The van der Waals surface area contributed by atoms with E-state index >= 15 is 0 Å². The number of hydrogen-bond acceptors (Lipinski definition) is 5. The van der Waals surface area contributed by atoms with Crippen molar-refractivity contribution in [2.45, 2.75) is 18.3 Å². The number of carbonyl (C=O) groups excluding carboxylic acids is 3. The van der Waals surface area contributed by atoms with E-state index in [1.165, 1.54) is 6.33 Å². The first kappa shape index (κ1) is 12.7. The van der Waals surface area contributed by atoms with Crippen LogP contribution >= 0.6 is 0 Å². The number of hydrogen-bond donors (Lipinski definition) is 1. The molecule has 4 atom stereocenters. The monoisotopic (exact) mass is 308 g/mol. The van der Waals surface area contributed by atoms with E-state index in [2.05, 4.69) is 15.2 Å². The van der Waals surface area contributed by atoms with Crippen LogP contribution in [-0.4, -0.2) is 32.8 Å². The van der Waals surface area contributed by atoms with E-state index in [9.17, 15) is 14.4 Å². The summed E-state index contributed by atoms with van der Waals surface area (Å²) in [7, 11) is 0. The lowest BCUT2D eigenvalue weighted by Gasteiger charge is -2.43. The highest BCUT2D eigenvalue weighted by molar-refractivity contribution is 6.23. The van der Waals surface area contributed by atoms with Crippen LogP contribution in [0, 0.1) is 11.8 Å². The number of benzene rings is 1. The van der Waals surface area contributed by atoms with E-state index in [4.69, 9.17) is 0 Å². The van der Waals surface area contributed by atoms with Gasteiger partial charge in [0.15, 0.2) is 0 Å². The molecule has 6 rings (SSSR count). The second kappa shape index (κ2) is 4.13. The predicted molar refractivity (Wildman–Crippen MR) is 77.4 cm³/mol. The van der Waals surface area contributed by atoms with Crippen molar-refractivity contribution in [3.05, 3.63) is 41.7 Å². The van der Waals surface area contributed by atoms with Gasteiger partial charge in [-0.1, -0.05) is 24.3 Å². The molecule has 1 aliphatic heterocycles. The number of nitrogens with one attached hydrogen (secondary N) is 1. The molecule has 114 valence electrons. The number of rotatable bonds is 1. The molecular formula is C16H12N4O3. The van der Waals surface area contributed by atoms with Gasteiger partial charge in [0, 0.05) is 12.3 Å². The molecular weight excluding hydrogens is 296 g/mol. The second-order valence-electron chi connectivity index (χ2n) is 6.26. The maximum absolute atomic E-state index is 12.9. The van der Waals surface area contributed by atoms with Gasteiger partial charge in [-0.3, -0.25) is 14.4 Å². The van der Waals surface area contributed by atoms with E-state index < -0.39 is 17.8 Å². The van der Waals surface area contributed by atoms with Crippen LogP contribution in [0.4, 0.5) is 5.95 Å². The Bertz CT molecular complexity index is 860. The first-order valence-electron chi connectivity index (χ1n) is 7.53. The highest BCUT2D eigenvalue weighted by Crippen LogP contribution is 2.57. The van der Waals surface area contributed by atoms with Crippen molar-refractivity contribution in [3.8, 4) is 0 Å². The fraction of sp³-hybridized carbons (Fsp3) is 0.312. The van der Waals surface area contributed by atoms with Gasteiger partial charge in [0.05, 0.1) is 17.8 Å². The minimum atomic E-state index is -0.617. The largest absolute Gasteiger partial charge is 0.299 e. The number of ketones is 1. The lowest BCUT2D eigenvalue weighted by atomic mass is 9.56. The number of Topliss-reactive ketones (excluding diaryl/α,β-unsaturated/α-hetero) is 1. The van der Waals surface area contributed by atoms with E-state index in [1.54, 1.807) is 0 Å². The number of carbonyl (C=O) groups is 3. The zero-order valence-corrected chi connectivity index (χ0v) is 12.0. The first-order chi connectivity index (χ1) is 11.2. The molecule has 7 heteroatoms. The summed E-state index contributed by atoms with van der Waals surface area (Å²) in [6.45, 7) is 0. The molecule has 2 bridgehead atoms. The number of aromatic nitrogens is 3. The Morgan fingerprint density at radius 2 is 1.78 bits per heavy atom. The van der Waals surface area contributed by atoms with Crippen molar-refractivity contribution in [2.24, 2.45) is 11.8 Å². The summed E-state index contributed by atoms with van der Waals surface area (Å²) < 4.78 is 0. The Balaban J connectivity index is 1.69. The SMILES string of the molecule is O=C1CC2c3ccccc3C1C1C(=O)N(c3ncn[nH]3)C(=O)C21. The lowest BCUT2D eigenvalue weighted by molar-refractivity contribution is -0.134. The summed E-state index contributed by atoms with van der Waals surface area (Å²) in [5.41, 5.74) is 1.93. The zero-order chi connectivity index (χ0) is 15.7. The van der Waals surface area contributed by atoms with Crippen molar-refractivity contribution in [2.75, 3.05) is 4.90 Å². The Morgan fingerprint density at radius 1 is 1.04 bits per heavy atom. The Labute approximate surface area is 130 Å². The van der Waals surface area contributed by atoms with Crippen LogP contribution in [-0.2, 0) is 14.4 Å². The molecule has 2 amide bonds. The number of fused-ring (bicyclic) bond motifs is 1. The number of imide groups is 1. The van der Waals surface area contributed by atoms with Crippen LogP contribution in [0.25, 0.3) is 0 Å². The summed E-state index contributed by atoms with van der Waals surface area (Å²) >= 11 is 0. The van der Waals surface area contributed by atoms with E-state index in [0.29, 0.717) is 6.42 Å². The molecule has 1 aromatic heterocycles. The third-order valence-corrected chi connectivity index (χ3v) is 5.30. The molecule has 2 heterocycles. The summed E-state index contributed by atoms with van der Waals surface area (Å²) in [5.74, 6) is -2.30. The standard InChI is InChI=1S/C16H12N4O3/c21-10-5-9-7-3-1-2-4-8(7)11(10)13-12(9)14(22)20(15(13)23)16-17-6-18-19-16/h1-4,6,9,11-13H,5H2,(H,17,18,19). The van der Waals surface area contributed by atoms with E-state index in [-0.39, 0.29) is 29.5 Å². The Kier molecular flexibility index (Phi) is 2.28. The van der Waals surface area contributed by atoms with Gasteiger partial charge in [-0.15, -0.1) is 0 Å². The maximum Gasteiger partial charge on any atom is 0.241 e.